The Morgan fingerprint density at radius 1 is 1.27 bits per heavy atom. The van der Waals surface area contributed by atoms with Crippen LogP contribution in [0, 0.1) is 17.8 Å². The van der Waals surface area contributed by atoms with Crippen LogP contribution < -0.4 is 10.6 Å². The molecule has 0 radical (unpaired) electrons. The number of carbonyl (C=O) groups excluding carboxylic acids is 2. The van der Waals surface area contributed by atoms with Crippen molar-refractivity contribution < 1.29 is 31.5 Å². The number of imidazole rings is 1. The molecule has 0 bridgehead atoms. The van der Waals surface area contributed by atoms with Gasteiger partial charge in [0.1, 0.15) is 5.69 Å². The molecule has 2 aliphatic rings. The molecule has 1 saturated carbocycles. The normalized spacial score (nSPS) is 22.7. The summed E-state index contributed by atoms with van der Waals surface area (Å²) in [5.41, 5.74) is 0.985. The van der Waals surface area contributed by atoms with E-state index in [1.54, 1.807) is 6.07 Å². The van der Waals surface area contributed by atoms with Gasteiger partial charge in [-0.25, -0.2) is 23.3 Å². The van der Waals surface area contributed by atoms with Crippen LogP contribution in [0.15, 0.2) is 24.7 Å². The zero-order chi connectivity index (χ0) is 28.7. The number of hydrogen-bond acceptors (Lipinski definition) is 6. The van der Waals surface area contributed by atoms with Crippen LogP contribution in [0.2, 0.25) is 0 Å². The van der Waals surface area contributed by atoms with Gasteiger partial charge < -0.3 is 10.6 Å². The van der Waals surface area contributed by atoms with Gasteiger partial charge in [-0.05, 0) is 38.2 Å². The van der Waals surface area contributed by atoms with Crippen LogP contribution in [0.1, 0.15) is 66.9 Å². The van der Waals surface area contributed by atoms with Gasteiger partial charge >= 0.3 is 6.18 Å². The molecular weight excluding hydrogens is 539 g/mol. The third-order valence-corrected chi connectivity index (χ3v) is 7.72. The summed E-state index contributed by atoms with van der Waals surface area (Å²) < 4.78 is 70.3. The minimum absolute atomic E-state index is 0.0479. The Hall–Kier alpha value is -3.65. The third kappa shape index (κ3) is 5.92. The van der Waals surface area contributed by atoms with Crippen LogP contribution in [0.4, 0.5) is 22.0 Å². The molecule has 3 aromatic rings. The summed E-state index contributed by atoms with van der Waals surface area (Å²) >= 11 is 0. The molecule has 3 atom stereocenters. The maximum atomic E-state index is 13.9. The predicted molar refractivity (Wildman–Crippen MR) is 130 cm³/mol. The van der Waals surface area contributed by atoms with Gasteiger partial charge in [0.25, 0.3) is 11.7 Å². The standard InChI is InChI=1S/C25H29F5N8O2/c1-2-37-19(5-8-33-37)22(40)35-20(14-3-6-24(26,27)7-4-14)18-13-38-23(34-18)32-12-17(36-38)10-15-9-16(25(28,29)30)11-31-21(15)39/h5,8,12-16,20H,2-4,6-7,9-11H2,1H3,(H,31,39)(H,35,40)/t15?,16-,20+/m1/s1. The number of aryl methyl sites for hydroxylation is 1. The fourth-order valence-corrected chi connectivity index (χ4v) is 5.48. The zero-order valence-electron chi connectivity index (χ0n) is 21.7. The van der Waals surface area contributed by atoms with Crippen molar-refractivity contribution in [3.05, 3.63) is 41.7 Å². The summed E-state index contributed by atoms with van der Waals surface area (Å²) in [6, 6.07) is 0.849. The van der Waals surface area contributed by atoms with Crippen molar-refractivity contribution in [3.8, 4) is 0 Å². The number of hydrogen-bond donors (Lipinski definition) is 2. The van der Waals surface area contributed by atoms with Crippen LogP contribution in [-0.4, -0.2) is 59.8 Å². The highest BCUT2D eigenvalue weighted by Crippen LogP contribution is 2.41. The fourth-order valence-electron chi connectivity index (χ4n) is 5.48. The van der Waals surface area contributed by atoms with E-state index in [0.717, 1.165) is 0 Å². The molecule has 15 heteroatoms. The lowest BCUT2D eigenvalue weighted by Gasteiger charge is -2.33. The molecule has 2 fully saturated rings. The number of aromatic nitrogens is 6. The van der Waals surface area contributed by atoms with Crippen LogP contribution in [0.3, 0.4) is 0 Å². The summed E-state index contributed by atoms with van der Waals surface area (Å²) in [6.07, 6.45) is -0.723. The smallest absolute Gasteiger partial charge is 0.355 e. The Balaban J connectivity index is 1.39. The number of carbonyl (C=O) groups is 2. The maximum absolute atomic E-state index is 13.9. The topological polar surface area (TPSA) is 119 Å². The van der Waals surface area contributed by atoms with Crippen LogP contribution in [-0.2, 0) is 17.8 Å². The van der Waals surface area contributed by atoms with E-state index in [0.29, 0.717) is 23.6 Å². The largest absolute Gasteiger partial charge is 0.393 e. The Kier molecular flexibility index (Phi) is 7.48. The number of rotatable bonds is 7. The lowest BCUT2D eigenvalue weighted by atomic mass is 9.81. The number of piperidine rings is 1. The number of nitrogens with one attached hydrogen (secondary N) is 2. The van der Waals surface area contributed by atoms with Crippen molar-refractivity contribution >= 4 is 17.6 Å². The maximum Gasteiger partial charge on any atom is 0.393 e. The molecule has 40 heavy (non-hydrogen) atoms. The van der Waals surface area contributed by atoms with E-state index in [1.807, 2.05) is 6.92 Å². The second kappa shape index (κ2) is 10.7. The second-order valence-electron chi connectivity index (χ2n) is 10.5. The first kappa shape index (κ1) is 27.9. The second-order valence-corrected chi connectivity index (χ2v) is 10.5. The van der Waals surface area contributed by atoms with Gasteiger partial charge in [0.05, 0.1) is 35.7 Å². The molecule has 0 spiro atoms. The van der Waals surface area contributed by atoms with Gasteiger partial charge in [0, 0.05) is 44.5 Å². The van der Waals surface area contributed by atoms with Gasteiger partial charge in [-0.3, -0.25) is 14.3 Å². The average Bonchev–Trinajstić information content (AvgIpc) is 3.55. The van der Waals surface area contributed by atoms with Crippen molar-refractivity contribution in [3.63, 3.8) is 0 Å². The van der Waals surface area contributed by atoms with Gasteiger partial charge in [0.15, 0.2) is 0 Å². The molecule has 5 rings (SSSR count). The van der Waals surface area contributed by atoms with Crippen molar-refractivity contribution in [2.24, 2.45) is 17.8 Å². The molecule has 2 N–H and O–H groups in total. The number of amides is 2. The summed E-state index contributed by atoms with van der Waals surface area (Å²) in [5, 5.41) is 13.8. The van der Waals surface area contributed by atoms with E-state index < -0.39 is 48.3 Å². The molecule has 0 aromatic carbocycles. The Morgan fingerprint density at radius 3 is 2.73 bits per heavy atom. The SMILES string of the molecule is CCn1nccc1C(=O)N[C@H](c1cn2nc(CC3C[C@@H](C(F)(F)F)CNC3=O)cnc2n1)C1CCC(F)(F)CC1. The van der Waals surface area contributed by atoms with Crippen molar-refractivity contribution in [1.82, 2.24) is 40.0 Å². The molecule has 216 valence electrons. The first-order valence-corrected chi connectivity index (χ1v) is 13.2. The number of halogens is 5. The minimum Gasteiger partial charge on any atom is -0.355 e. The van der Waals surface area contributed by atoms with E-state index in [2.05, 4.69) is 30.8 Å². The summed E-state index contributed by atoms with van der Waals surface area (Å²) in [6.45, 7) is 1.85. The lowest BCUT2D eigenvalue weighted by Crippen LogP contribution is -2.47. The van der Waals surface area contributed by atoms with E-state index in [1.165, 1.54) is 27.8 Å². The molecular formula is C25H29F5N8O2. The van der Waals surface area contributed by atoms with Gasteiger partial charge in [-0.15, -0.1) is 0 Å². The first-order chi connectivity index (χ1) is 18.9. The van der Waals surface area contributed by atoms with E-state index in [-0.39, 0.29) is 50.2 Å². The number of fused-ring (bicyclic) bond motifs is 1. The minimum atomic E-state index is -4.42. The molecule has 3 aromatic heterocycles. The molecule has 1 aliphatic carbocycles. The van der Waals surface area contributed by atoms with Crippen LogP contribution in [0.25, 0.3) is 5.78 Å². The fraction of sp³-hybridized carbons (Fsp3) is 0.600. The molecule has 4 heterocycles. The Morgan fingerprint density at radius 2 is 2.02 bits per heavy atom. The molecule has 1 saturated heterocycles. The highest BCUT2D eigenvalue weighted by atomic mass is 19.4. The summed E-state index contributed by atoms with van der Waals surface area (Å²) in [4.78, 5) is 34.1. The Bertz CT molecular complexity index is 1380. The van der Waals surface area contributed by atoms with E-state index >= 15 is 0 Å². The summed E-state index contributed by atoms with van der Waals surface area (Å²) in [5.74, 6) is -6.38. The highest BCUT2D eigenvalue weighted by molar-refractivity contribution is 5.92. The lowest BCUT2D eigenvalue weighted by molar-refractivity contribution is -0.183. The summed E-state index contributed by atoms with van der Waals surface area (Å²) in [7, 11) is 0. The quantitative estimate of drug-likeness (QED) is 0.422. The highest BCUT2D eigenvalue weighted by Gasteiger charge is 2.45. The molecule has 1 aliphatic heterocycles. The molecule has 2 amide bonds. The van der Waals surface area contributed by atoms with E-state index in [4.69, 9.17) is 0 Å². The number of nitrogens with zero attached hydrogens (tertiary/aromatic N) is 6. The predicted octanol–water partition coefficient (Wildman–Crippen LogP) is 3.49. The average molecular weight is 569 g/mol. The van der Waals surface area contributed by atoms with Crippen LogP contribution >= 0.6 is 0 Å². The Labute approximate surface area is 225 Å². The van der Waals surface area contributed by atoms with Crippen molar-refractivity contribution in [2.45, 2.75) is 70.1 Å². The third-order valence-electron chi connectivity index (χ3n) is 7.72. The zero-order valence-corrected chi connectivity index (χ0v) is 21.7. The monoisotopic (exact) mass is 568 g/mol. The van der Waals surface area contributed by atoms with Crippen molar-refractivity contribution in [1.29, 1.82) is 0 Å². The van der Waals surface area contributed by atoms with Crippen LogP contribution in [0.5, 0.6) is 0 Å². The molecule has 10 nitrogen and oxygen atoms in total. The number of alkyl halides is 5. The van der Waals surface area contributed by atoms with E-state index in [9.17, 15) is 31.5 Å². The van der Waals surface area contributed by atoms with Gasteiger partial charge in [0.2, 0.25) is 11.8 Å². The van der Waals surface area contributed by atoms with Crippen molar-refractivity contribution in [2.75, 3.05) is 6.54 Å². The first-order valence-electron chi connectivity index (χ1n) is 13.2. The van der Waals surface area contributed by atoms with Gasteiger partial charge in [-0.1, -0.05) is 0 Å². The van der Waals surface area contributed by atoms with Gasteiger partial charge in [-0.2, -0.15) is 23.4 Å². The molecule has 1 unspecified atom stereocenters.